The van der Waals surface area contributed by atoms with Gasteiger partial charge in [0.1, 0.15) is 0 Å². The largest absolute Gasteiger partial charge is 0.317 e. The standard InChI is InChI=1S/C10H13F2N3S/c1-10(11,12)9-8(5-4-6-14-9)15(2,7-13)16-3/h4-6,16H,1-3H3. The van der Waals surface area contributed by atoms with E-state index in [2.05, 4.69) is 4.98 Å². The molecule has 16 heavy (non-hydrogen) atoms. The Balaban J connectivity index is 3.41. The summed E-state index contributed by atoms with van der Waals surface area (Å²) in [6, 6.07) is 3.07. The predicted octanol–water partition coefficient (Wildman–Crippen LogP) is 1.97. The van der Waals surface area contributed by atoms with Crippen LogP contribution in [0.3, 0.4) is 0 Å². The number of thiol groups is 1. The second kappa shape index (κ2) is 4.36. The zero-order valence-electron chi connectivity index (χ0n) is 9.28. The van der Waals surface area contributed by atoms with Crippen molar-refractivity contribution >= 4 is 17.6 Å². The summed E-state index contributed by atoms with van der Waals surface area (Å²) in [7, 11) is 1.58. The summed E-state index contributed by atoms with van der Waals surface area (Å²) in [5.74, 6) is -3.04. The second-order valence-electron chi connectivity index (χ2n) is 3.52. The van der Waals surface area contributed by atoms with E-state index in [1.807, 2.05) is 6.19 Å². The van der Waals surface area contributed by atoms with Gasteiger partial charge in [0.2, 0.25) is 0 Å². The van der Waals surface area contributed by atoms with Crippen molar-refractivity contribution in [3.05, 3.63) is 24.0 Å². The van der Waals surface area contributed by atoms with Crippen molar-refractivity contribution in [2.24, 2.45) is 0 Å². The molecule has 0 aliphatic carbocycles. The first kappa shape index (κ1) is 12.9. The molecule has 1 atom stereocenters. The van der Waals surface area contributed by atoms with Gasteiger partial charge in [-0.25, -0.2) is 4.98 Å². The molecule has 0 N–H and O–H groups in total. The fraction of sp³-hybridized carbons (Fsp3) is 0.400. The van der Waals surface area contributed by atoms with Gasteiger partial charge in [-0.2, -0.15) is 8.78 Å². The molecule has 1 aromatic heterocycles. The van der Waals surface area contributed by atoms with Crippen LogP contribution in [-0.2, 0) is 17.9 Å². The van der Waals surface area contributed by atoms with Gasteiger partial charge in [0.25, 0.3) is 12.1 Å². The van der Waals surface area contributed by atoms with Crippen LogP contribution < -0.4 is 3.89 Å². The summed E-state index contributed by atoms with van der Waals surface area (Å²) in [6.07, 6.45) is 5.06. The maximum absolute atomic E-state index is 13.3. The Bertz CT molecular complexity index is 425. The van der Waals surface area contributed by atoms with Gasteiger partial charge in [-0.15, -0.1) is 11.5 Å². The van der Waals surface area contributed by atoms with Crippen molar-refractivity contribution in [3.63, 3.8) is 0 Å². The van der Waals surface area contributed by atoms with Gasteiger partial charge in [-0.05, 0) is 6.07 Å². The number of nitrogens with zero attached hydrogens (tertiary/aromatic N) is 3. The van der Waals surface area contributed by atoms with Gasteiger partial charge >= 0.3 is 0 Å². The lowest BCUT2D eigenvalue weighted by Gasteiger charge is -2.34. The van der Waals surface area contributed by atoms with Crippen LogP contribution in [0.5, 0.6) is 0 Å². The lowest BCUT2D eigenvalue weighted by atomic mass is 10.2. The summed E-state index contributed by atoms with van der Waals surface area (Å²) in [6.45, 7) is 0.785. The number of rotatable bonds is 3. The highest BCUT2D eigenvalue weighted by Crippen LogP contribution is 2.35. The number of halogens is 2. The zero-order chi connectivity index (χ0) is 12.4. The highest BCUT2D eigenvalue weighted by Gasteiger charge is 2.35. The van der Waals surface area contributed by atoms with E-state index < -0.39 is 5.92 Å². The lowest BCUT2D eigenvalue weighted by molar-refractivity contribution is 0.0127. The van der Waals surface area contributed by atoms with Crippen LogP contribution in [0.15, 0.2) is 18.3 Å². The molecule has 1 aromatic rings. The molecule has 0 saturated carbocycles. The van der Waals surface area contributed by atoms with Crippen molar-refractivity contribution in [2.45, 2.75) is 12.8 Å². The maximum Gasteiger partial charge on any atom is 0.296 e. The highest BCUT2D eigenvalue weighted by molar-refractivity contribution is 7.77. The molecule has 0 aromatic carbocycles. The molecule has 1 unspecified atom stereocenters. The van der Waals surface area contributed by atoms with E-state index in [9.17, 15) is 8.78 Å². The van der Waals surface area contributed by atoms with Gasteiger partial charge in [0, 0.05) is 19.2 Å². The normalized spacial score (nSPS) is 15.5. The van der Waals surface area contributed by atoms with E-state index >= 15 is 0 Å². The molecule has 0 saturated heterocycles. The minimum absolute atomic E-state index is 0.238. The van der Waals surface area contributed by atoms with Crippen molar-refractivity contribution in [1.82, 2.24) is 8.87 Å². The minimum atomic E-state index is -3.04. The fourth-order valence-electron chi connectivity index (χ4n) is 1.29. The van der Waals surface area contributed by atoms with Crippen LogP contribution in [0.2, 0.25) is 0 Å². The monoisotopic (exact) mass is 245 g/mol. The number of nitriles is 1. The van der Waals surface area contributed by atoms with E-state index in [0.717, 1.165) is 6.92 Å². The van der Waals surface area contributed by atoms with E-state index in [1.165, 1.54) is 12.3 Å². The third kappa shape index (κ3) is 2.31. The first-order chi connectivity index (χ1) is 7.35. The Morgan fingerprint density at radius 1 is 1.56 bits per heavy atom. The minimum Gasteiger partial charge on any atom is -0.317 e. The van der Waals surface area contributed by atoms with E-state index in [0.29, 0.717) is 11.9 Å². The molecular formula is C10H13F2N3S. The third-order valence-electron chi connectivity index (χ3n) is 2.27. The Morgan fingerprint density at radius 3 is 2.62 bits per heavy atom. The van der Waals surface area contributed by atoms with Crippen LogP contribution in [0.4, 0.5) is 14.5 Å². The quantitative estimate of drug-likeness (QED) is 0.353. The molecule has 88 valence electrons. The molecule has 0 bridgehead atoms. The molecule has 3 nitrogen and oxygen atoms in total. The van der Waals surface area contributed by atoms with Gasteiger partial charge < -0.3 is 11.9 Å². The molecule has 0 amide bonds. The Morgan fingerprint density at radius 2 is 2.19 bits per heavy atom. The zero-order valence-corrected chi connectivity index (χ0v) is 10.2. The van der Waals surface area contributed by atoms with Crippen molar-refractivity contribution in [2.75, 3.05) is 13.3 Å². The van der Waals surface area contributed by atoms with Crippen molar-refractivity contribution in [3.8, 4) is 6.19 Å². The average molecular weight is 245 g/mol. The smallest absolute Gasteiger partial charge is 0.296 e. The summed E-state index contributed by atoms with van der Waals surface area (Å²) >= 11 is 0.658. The fourth-order valence-corrected chi connectivity index (χ4v) is 1.76. The number of alkyl halides is 2. The molecular weight excluding hydrogens is 232 g/mol. The number of hydrogen-bond donors (Lipinski definition) is 0. The topological polar surface area (TPSA) is 36.7 Å². The average Bonchev–Trinajstić information content (AvgIpc) is 2.27. The third-order valence-corrected chi connectivity index (χ3v) is 3.37. The molecule has 1 rings (SSSR count). The lowest BCUT2D eigenvalue weighted by Crippen LogP contribution is -2.39. The Kier molecular flexibility index (Phi) is 3.51. The maximum atomic E-state index is 13.3. The number of hydrogen-bond acceptors (Lipinski definition) is 3. The van der Waals surface area contributed by atoms with Crippen LogP contribution in [0, 0.1) is 11.5 Å². The van der Waals surface area contributed by atoms with Crippen LogP contribution >= 0.6 is 0 Å². The van der Waals surface area contributed by atoms with E-state index in [4.69, 9.17) is 5.26 Å². The Hall–Kier alpha value is -1.19. The van der Waals surface area contributed by atoms with Crippen LogP contribution in [0.1, 0.15) is 12.6 Å². The first-order valence-corrected chi connectivity index (χ1v) is 5.87. The molecule has 0 spiro atoms. The van der Waals surface area contributed by atoms with Gasteiger partial charge in [-0.1, -0.05) is 0 Å². The molecule has 6 heteroatoms. The Labute approximate surface area is 97.4 Å². The van der Waals surface area contributed by atoms with E-state index in [1.54, 1.807) is 19.4 Å². The number of aromatic nitrogens is 1. The second-order valence-corrected chi connectivity index (χ2v) is 4.72. The molecule has 0 radical (unpaired) electrons. The highest BCUT2D eigenvalue weighted by atomic mass is 32.2. The van der Waals surface area contributed by atoms with Crippen LogP contribution in [-0.4, -0.2) is 18.3 Å². The predicted molar refractivity (Wildman–Crippen MR) is 61.8 cm³/mol. The molecule has 0 fully saturated rings. The SMILES string of the molecule is C[SH-][N+](C)(C#N)c1cccnc1C(C)(F)F. The van der Waals surface area contributed by atoms with Gasteiger partial charge in [0.05, 0.1) is 7.05 Å². The number of quaternary nitrogens is 1. The van der Waals surface area contributed by atoms with Gasteiger partial charge in [-0.3, -0.25) is 3.89 Å². The van der Waals surface area contributed by atoms with E-state index in [-0.39, 0.29) is 15.3 Å². The van der Waals surface area contributed by atoms with Crippen molar-refractivity contribution < 1.29 is 8.78 Å². The van der Waals surface area contributed by atoms with Crippen LogP contribution in [0.25, 0.3) is 0 Å². The summed E-state index contributed by atoms with van der Waals surface area (Å²) in [4.78, 5) is 3.69. The summed E-state index contributed by atoms with van der Waals surface area (Å²) < 4.78 is 26.4. The summed E-state index contributed by atoms with van der Waals surface area (Å²) in [5.41, 5.74) is -0.102. The molecule has 0 aliphatic heterocycles. The molecule has 0 aliphatic rings. The first-order valence-electron chi connectivity index (χ1n) is 4.58. The summed E-state index contributed by atoms with van der Waals surface area (Å²) in [5, 5.41) is 9.07. The number of pyridine rings is 1. The van der Waals surface area contributed by atoms with Crippen molar-refractivity contribution in [1.29, 1.82) is 5.26 Å². The molecule has 1 heterocycles. The van der Waals surface area contributed by atoms with Gasteiger partial charge in [0.15, 0.2) is 11.4 Å².